The van der Waals surface area contributed by atoms with Gasteiger partial charge in [-0.05, 0) is 34.9 Å². The van der Waals surface area contributed by atoms with Gasteiger partial charge < -0.3 is 9.80 Å². The minimum atomic E-state index is -0.220. The van der Waals surface area contributed by atoms with Crippen LogP contribution in [0.5, 0.6) is 0 Å². The molecule has 2 amide bonds. The monoisotopic (exact) mass is 382 g/mol. The first-order valence-electron chi connectivity index (χ1n) is 9.74. The summed E-state index contributed by atoms with van der Waals surface area (Å²) in [5, 5.41) is 2.12. The molecule has 1 fully saturated rings. The molecule has 0 spiro atoms. The van der Waals surface area contributed by atoms with Crippen LogP contribution in [-0.2, 0) is 16.0 Å². The molecule has 0 bridgehead atoms. The summed E-state index contributed by atoms with van der Waals surface area (Å²) >= 11 is 1.78. The van der Waals surface area contributed by atoms with E-state index in [1.807, 2.05) is 28.0 Å². The number of rotatable bonds is 4. The summed E-state index contributed by atoms with van der Waals surface area (Å²) in [6.45, 7) is 6.23. The summed E-state index contributed by atoms with van der Waals surface area (Å²) in [4.78, 5) is 31.1. The molecule has 142 valence electrons. The summed E-state index contributed by atoms with van der Waals surface area (Å²) in [6.07, 6.45) is 1.25. The van der Waals surface area contributed by atoms with Crippen molar-refractivity contribution in [3.8, 4) is 0 Å². The van der Waals surface area contributed by atoms with Gasteiger partial charge in [0.15, 0.2) is 0 Å². The van der Waals surface area contributed by atoms with Crippen LogP contribution in [0, 0.1) is 11.8 Å². The summed E-state index contributed by atoms with van der Waals surface area (Å²) in [5.41, 5.74) is 2.39. The lowest BCUT2D eigenvalue weighted by Gasteiger charge is -2.37. The van der Waals surface area contributed by atoms with Gasteiger partial charge in [-0.3, -0.25) is 9.59 Å². The van der Waals surface area contributed by atoms with Crippen LogP contribution in [0.2, 0.25) is 0 Å². The van der Waals surface area contributed by atoms with Crippen LogP contribution in [-0.4, -0.2) is 41.2 Å². The predicted molar refractivity (Wildman–Crippen MR) is 108 cm³/mol. The fourth-order valence-corrected chi connectivity index (χ4v) is 5.24. The van der Waals surface area contributed by atoms with Gasteiger partial charge >= 0.3 is 0 Å². The highest BCUT2D eigenvalue weighted by atomic mass is 32.1. The fourth-order valence-electron chi connectivity index (χ4n) is 4.34. The second kappa shape index (κ2) is 7.47. The quantitative estimate of drug-likeness (QED) is 0.808. The van der Waals surface area contributed by atoms with E-state index in [9.17, 15) is 9.59 Å². The molecule has 0 N–H and O–H groups in total. The highest BCUT2D eigenvalue weighted by Crippen LogP contribution is 2.39. The summed E-state index contributed by atoms with van der Waals surface area (Å²) in [6, 6.07) is 12.4. The van der Waals surface area contributed by atoms with E-state index in [0.717, 1.165) is 25.1 Å². The molecular formula is C22H26N2O2S. The second-order valence-corrected chi connectivity index (χ2v) is 8.99. The van der Waals surface area contributed by atoms with Crippen LogP contribution in [0.15, 0.2) is 41.8 Å². The van der Waals surface area contributed by atoms with Gasteiger partial charge in [-0.1, -0.05) is 44.2 Å². The zero-order chi connectivity index (χ0) is 19.0. The topological polar surface area (TPSA) is 40.6 Å². The first-order chi connectivity index (χ1) is 13.0. The van der Waals surface area contributed by atoms with Crippen molar-refractivity contribution in [3.05, 3.63) is 57.8 Å². The molecule has 1 aromatic heterocycles. The Labute approximate surface area is 164 Å². The lowest BCUT2D eigenvalue weighted by molar-refractivity contribution is -0.137. The summed E-state index contributed by atoms with van der Waals surface area (Å²) in [5.74, 6) is 0.442. The number of likely N-dealkylation sites (tertiary alicyclic amines) is 1. The van der Waals surface area contributed by atoms with E-state index in [-0.39, 0.29) is 23.8 Å². The van der Waals surface area contributed by atoms with Crippen LogP contribution < -0.4 is 0 Å². The Morgan fingerprint density at radius 1 is 1.22 bits per heavy atom. The molecule has 4 nitrogen and oxygen atoms in total. The maximum atomic E-state index is 13.4. The van der Waals surface area contributed by atoms with Gasteiger partial charge in [0, 0.05) is 30.9 Å². The van der Waals surface area contributed by atoms with E-state index in [1.165, 1.54) is 10.4 Å². The highest BCUT2D eigenvalue weighted by Gasteiger charge is 2.40. The smallest absolute Gasteiger partial charge is 0.228 e. The molecule has 0 saturated carbocycles. The molecule has 0 aliphatic carbocycles. The van der Waals surface area contributed by atoms with Gasteiger partial charge in [-0.2, -0.15) is 0 Å². The normalized spacial score (nSPS) is 22.4. The number of carbonyl (C=O) groups is 2. The third-order valence-corrected chi connectivity index (χ3v) is 6.51. The molecule has 2 aromatic rings. The van der Waals surface area contributed by atoms with E-state index in [0.29, 0.717) is 18.9 Å². The molecule has 2 aliphatic heterocycles. The largest absolute Gasteiger partial charge is 0.342 e. The lowest BCUT2D eigenvalue weighted by atomic mass is 9.91. The van der Waals surface area contributed by atoms with E-state index < -0.39 is 0 Å². The predicted octanol–water partition coefficient (Wildman–Crippen LogP) is 3.73. The number of hydrogen-bond acceptors (Lipinski definition) is 3. The van der Waals surface area contributed by atoms with Gasteiger partial charge in [-0.25, -0.2) is 0 Å². The van der Waals surface area contributed by atoms with Crippen molar-refractivity contribution < 1.29 is 9.59 Å². The number of hydrogen-bond donors (Lipinski definition) is 0. The van der Waals surface area contributed by atoms with Crippen LogP contribution in [0.4, 0.5) is 0 Å². The van der Waals surface area contributed by atoms with Crippen molar-refractivity contribution in [3.63, 3.8) is 0 Å². The molecule has 2 aliphatic rings. The second-order valence-electron chi connectivity index (χ2n) is 7.99. The first kappa shape index (κ1) is 18.2. The molecule has 2 atom stereocenters. The van der Waals surface area contributed by atoms with Crippen LogP contribution in [0.25, 0.3) is 0 Å². The average molecular weight is 383 g/mol. The minimum absolute atomic E-state index is 0.0389. The number of benzene rings is 1. The van der Waals surface area contributed by atoms with E-state index in [2.05, 4.69) is 37.4 Å². The van der Waals surface area contributed by atoms with Crippen LogP contribution in [0.1, 0.15) is 42.3 Å². The SMILES string of the molecule is CC(C)CN1CC(C(=O)N2CCc3sccc3C2c2ccccc2)CC1=O. The Kier molecular flexibility index (Phi) is 5.04. The molecule has 2 unspecified atom stereocenters. The van der Waals surface area contributed by atoms with E-state index in [4.69, 9.17) is 0 Å². The first-order valence-corrected chi connectivity index (χ1v) is 10.6. The molecule has 1 aromatic carbocycles. The molecule has 27 heavy (non-hydrogen) atoms. The number of nitrogens with zero attached hydrogens (tertiary/aromatic N) is 2. The summed E-state index contributed by atoms with van der Waals surface area (Å²) in [7, 11) is 0. The van der Waals surface area contributed by atoms with Gasteiger partial charge in [0.2, 0.25) is 11.8 Å². The Hall–Kier alpha value is -2.14. The Bertz CT molecular complexity index is 830. The number of amides is 2. The van der Waals surface area contributed by atoms with Crippen molar-refractivity contribution in [2.75, 3.05) is 19.6 Å². The zero-order valence-electron chi connectivity index (χ0n) is 15.9. The third kappa shape index (κ3) is 3.53. The fraction of sp³-hybridized carbons (Fsp3) is 0.455. The maximum absolute atomic E-state index is 13.4. The van der Waals surface area contributed by atoms with Gasteiger partial charge in [0.05, 0.1) is 12.0 Å². The van der Waals surface area contributed by atoms with Crippen LogP contribution >= 0.6 is 11.3 Å². The van der Waals surface area contributed by atoms with Crippen molar-refractivity contribution >= 4 is 23.2 Å². The Balaban J connectivity index is 1.60. The van der Waals surface area contributed by atoms with Gasteiger partial charge in [0.1, 0.15) is 0 Å². The molecule has 3 heterocycles. The Morgan fingerprint density at radius 3 is 2.74 bits per heavy atom. The number of carbonyl (C=O) groups excluding carboxylic acids is 2. The van der Waals surface area contributed by atoms with E-state index in [1.54, 1.807) is 11.3 Å². The third-order valence-electron chi connectivity index (χ3n) is 5.51. The maximum Gasteiger partial charge on any atom is 0.228 e. The average Bonchev–Trinajstić information content (AvgIpc) is 3.27. The minimum Gasteiger partial charge on any atom is -0.342 e. The number of thiophene rings is 1. The lowest BCUT2D eigenvalue weighted by Crippen LogP contribution is -2.44. The summed E-state index contributed by atoms with van der Waals surface area (Å²) < 4.78 is 0. The highest BCUT2D eigenvalue weighted by molar-refractivity contribution is 7.10. The standard InChI is InChI=1S/C22H26N2O2S/c1-15(2)13-23-14-17(12-20(23)25)22(26)24-10-8-19-18(9-11-27-19)21(24)16-6-4-3-5-7-16/h3-7,9,11,15,17,21H,8,10,12-14H2,1-2H3. The zero-order valence-corrected chi connectivity index (χ0v) is 16.7. The van der Waals surface area contributed by atoms with Crippen LogP contribution in [0.3, 0.4) is 0 Å². The molecule has 1 saturated heterocycles. The van der Waals surface area contributed by atoms with Crippen molar-refractivity contribution in [1.29, 1.82) is 0 Å². The Morgan fingerprint density at radius 2 is 2.00 bits per heavy atom. The van der Waals surface area contributed by atoms with Crippen molar-refractivity contribution in [2.45, 2.75) is 32.7 Å². The number of fused-ring (bicyclic) bond motifs is 1. The molecule has 5 heteroatoms. The van der Waals surface area contributed by atoms with Gasteiger partial charge in [0.25, 0.3) is 0 Å². The molecule has 0 radical (unpaired) electrons. The molecule has 4 rings (SSSR count). The van der Waals surface area contributed by atoms with Crippen molar-refractivity contribution in [2.24, 2.45) is 11.8 Å². The molecular weight excluding hydrogens is 356 g/mol. The van der Waals surface area contributed by atoms with Crippen molar-refractivity contribution in [1.82, 2.24) is 9.80 Å². The van der Waals surface area contributed by atoms with Gasteiger partial charge in [-0.15, -0.1) is 11.3 Å². The van der Waals surface area contributed by atoms with E-state index >= 15 is 0 Å².